The Morgan fingerprint density at radius 3 is 3.19 bits per heavy atom. The Morgan fingerprint density at radius 1 is 1.67 bits per heavy atom. The van der Waals surface area contributed by atoms with Gasteiger partial charge in [-0.05, 0) is 25.7 Å². The van der Waals surface area contributed by atoms with Gasteiger partial charge in [0.1, 0.15) is 12.0 Å². The number of aromatic nitrogens is 1. The van der Waals surface area contributed by atoms with E-state index >= 15 is 0 Å². The number of amides is 1. The summed E-state index contributed by atoms with van der Waals surface area (Å²) in [6, 6.07) is 1.80. The van der Waals surface area contributed by atoms with Gasteiger partial charge in [0.25, 0.3) is 0 Å². The molecule has 3 N–H and O–H groups in total. The van der Waals surface area contributed by atoms with Crippen molar-refractivity contribution in [2.24, 2.45) is 16.6 Å². The van der Waals surface area contributed by atoms with Crippen LogP contribution in [0.1, 0.15) is 31.9 Å². The predicted octanol–water partition coefficient (Wildman–Crippen LogP) is 0.727. The summed E-state index contributed by atoms with van der Waals surface area (Å²) in [5.74, 6) is 0.938. The highest BCUT2D eigenvalue weighted by Crippen LogP contribution is 2.19. The number of piperidine rings is 1. The van der Waals surface area contributed by atoms with Crippen molar-refractivity contribution in [3.05, 3.63) is 18.0 Å². The molecule has 0 spiro atoms. The van der Waals surface area contributed by atoms with E-state index in [1.807, 2.05) is 6.92 Å². The van der Waals surface area contributed by atoms with Crippen LogP contribution in [0.5, 0.6) is 0 Å². The van der Waals surface area contributed by atoms with Gasteiger partial charge in [-0.25, -0.2) is 4.99 Å². The van der Waals surface area contributed by atoms with Crippen LogP contribution < -0.4 is 11.1 Å². The molecule has 0 aliphatic carbocycles. The number of guanidine groups is 1. The molecule has 1 atom stereocenters. The summed E-state index contributed by atoms with van der Waals surface area (Å²) in [5.41, 5.74) is 6.11. The minimum absolute atomic E-state index is 0.230. The summed E-state index contributed by atoms with van der Waals surface area (Å²) in [4.78, 5) is 17.9. The van der Waals surface area contributed by atoms with Crippen LogP contribution in [0.2, 0.25) is 0 Å². The fourth-order valence-corrected chi connectivity index (χ4v) is 2.61. The van der Waals surface area contributed by atoms with E-state index in [0.717, 1.165) is 44.1 Å². The zero-order chi connectivity index (χ0) is 15.1. The van der Waals surface area contributed by atoms with Gasteiger partial charge in [-0.2, -0.15) is 0 Å². The molecule has 0 bridgehead atoms. The number of nitrogens with one attached hydrogen (secondary N) is 1. The van der Waals surface area contributed by atoms with Gasteiger partial charge in [-0.3, -0.25) is 4.79 Å². The van der Waals surface area contributed by atoms with Crippen LogP contribution in [0, 0.1) is 5.92 Å². The number of nitrogens with zero attached hydrogens (tertiary/aromatic N) is 3. The predicted molar refractivity (Wildman–Crippen MR) is 79.4 cm³/mol. The molecular formula is C14H23N5O2. The summed E-state index contributed by atoms with van der Waals surface area (Å²) in [6.45, 7) is 5.08. The minimum atomic E-state index is -0.230. The van der Waals surface area contributed by atoms with Gasteiger partial charge in [-0.1, -0.05) is 5.16 Å². The smallest absolute Gasteiger partial charge is 0.217 e. The minimum Gasteiger partial charge on any atom is -0.370 e. The second kappa shape index (κ2) is 7.66. The molecule has 1 aliphatic heterocycles. The van der Waals surface area contributed by atoms with Crippen molar-refractivity contribution in [1.82, 2.24) is 15.4 Å². The van der Waals surface area contributed by atoms with Crippen molar-refractivity contribution >= 4 is 11.9 Å². The van der Waals surface area contributed by atoms with E-state index in [2.05, 4.69) is 20.4 Å². The molecule has 1 saturated heterocycles. The number of carbonyl (C=O) groups is 1. The van der Waals surface area contributed by atoms with Crippen molar-refractivity contribution < 1.29 is 9.32 Å². The first-order chi connectivity index (χ1) is 10.2. The lowest BCUT2D eigenvalue weighted by atomic mass is 9.95. The van der Waals surface area contributed by atoms with Crippen LogP contribution in [0.4, 0.5) is 0 Å². The zero-order valence-electron chi connectivity index (χ0n) is 12.4. The van der Waals surface area contributed by atoms with Crippen LogP contribution in [0.15, 0.2) is 21.8 Å². The summed E-state index contributed by atoms with van der Waals surface area (Å²) in [5, 5.41) is 7.15. The maximum atomic E-state index is 11.1. The second-order valence-corrected chi connectivity index (χ2v) is 5.29. The summed E-state index contributed by atoms with van der Waals surface area (Å²) in [6.07, 6.45) is 4.08. The van der Waals surface area contributed by atoms with E-state index < -0.39 is 0 Å². The largest absolute Gasteiger partial charge is 0.370 e. The molecule has 1 unspecified atom stereocenters. The average molecular weight is 293 g/mol. The molecule has 1 amide bonds. The number of rotatable bonds is 5. The van der Waals surface area contributed by atoms with Crippen LogP contribution >= 0.6 is 0 Å². The molecule has 2 heterocycles. The maximum Gasteiger partial charge on any atom is 0.217 e. The fraction of sp³-hybridized carbons (Fsp3) is 0.643. The monoisotopic (exact) mass is 293 g/mol. The molecule has 0 radical (unpaired) electrons. The van der Waals surface area contributed by atoms with Gasteiger partial charge in [0.2, 0.25) is 5.91 Å². The van der Waals surface area contributed by atoms with E-state index in [4.69, 9.17) is 10.3 Å². The van der Waals surface area contributed by atoms with E-state index in [-0.39, 0.29) is 5.91 Å². The lowest BCUT2D eigenvalue weighted by molar-refractivity contribution is -0.119. The standard InChI is InChI=1S/C14H23N5O2/c1-2-16-14(17-9-12-5-7-21-18-12)19-6-3-4-11(10-19)8-13(15)20/h5,7,11H,2-4,6,8-10H2,1H3,(H2,15,20)(H,16,17). The van der Waals surface area contributed by atoms with E-state index in [9.17, 15) is 4.79 Å². The number of carbonyl (C=O) groups excluding carboxylic acids is 1. The van der Waals surface area contributed by atoms with E-state index in [1.54, 1.807) is 12.3 Å². The molecule has 0 aromatic carbocycles. The Hall–Kier alpha value is -2.05. The molecule has 2 rings (SSSR count). The summed E-state index contributed by atoms with van der Waals surface area (Å²) < 4.78 is 4.81. The number of aliphatic imine (C=N–C) groups is 1. The van der Waals surface area contributed by atoms with Gasteiger partial charge >= 0.3 is 0 Å². The number of nitrogens with two attached hydrogens (primary N) is 1. The Balaban J connectivity index is 1.99. The van der Waals surface area contributed by atoms with Crippen molar-refractivity contribution in [1.29, 1.82) is 0 Å². The second-order valence-electron chi connectivity index (χ2n) is 5.29. The highest BCUT2D eigenvalue weighted by molar-refractivity contribution is 5.80. The molecule has 1 fully saturated rings. The molecule has 21 heavy (non-hydrogen) atoms. The molecule has 7 heteroatoms. The molecule has 1 aliphatic rings. The normalized spacial score (nSPS) is 19.6. The Morgan fingerprint density at radius 2 is 2.52 bits per heavy atom. The molecule has 116 valence electrons. The average Bonchev–Trinajstić information content (AvgIpc) is 2.96. The van der Waals surface area contributed by atoms with E-state index in [1.165, 1.54) is 0 Å². The fourth-order valence-electron chi connectivity index (χ4n) is 2.61. The van der Waals surface area contributed by atoms with Crippen molar-refractivity contribution in [3.8, 4) is 0 Å². The van der Waals surface area contributed by atoms with Crippen LogP contribution in [0.3, 0.4) is 0 Å². The molecule has 7 nitrogen and oxygen atoms in total. The number of likely N-dealkylation sites (tertiary alicyclic amines) is 1. The molecule has 1 aromatic heterocycles. The van der Waals surface area contributed by atoms with Crippen molar-refractivity contribution in [3.63, 3.8) is 0 Å². The molecule has 1 aromatic rings. The van der Waals surface area contributed by atoms with Gasteiger partial charge < -0.3 is 20.5 Å². The molecule has 0 saturated carbocycles. The first-order valence-corrected chi connectivity index (χ1v) is 7.40. The Labute approximate surface area is 124 Å². The highest BCUT2D eigenvalue weighted by Gasteiger charge is 2.23. The Bertz CT molecular complexity index is 472. The summed E-state index contributed by atoms with van der Waals surface area (Å²) in [7, 11) is 0. The zero-order valence-corrected chi connectivity index (χ0v) is 12.4. The first kappa shape index (κ1) is 15.3. The third kappa shape index (κ3) is 4.77. The number of primary amides is 1. The van der Waals surface area contributed by atoms with Gasteiger partial charge in [0, 0.05) is 32.1 Å². The SMILES string of the molecule is CCNC(=NCc1ccon1)N1CCCC(CC(N)=O)C1. The number of hydrogen-bond donors (Lipinski definition) is 2. The topological polar surface area (TPSA) is 96.8 Å². The lowest BCUT2D eigenvalue weighted by Gasteiger charge is -2.34. The van der Waals surface area contributed by atoms with Crippen LogP contribution in [-0.2, 0) is 11.3 Å². The lowest BCUT2D eigenvalue weighted by Crippen LogP contribution is -2.47. The first-order valence-electron chi connectivity index (χ1n) is 7.40. The van der Waals surface area contributed by atoms with Crippen LogP contribution in [-0.4, -0.2) is 41.6 Å². The third-order valence-electron chi connectivity index (χ3n) is 3.53. The summed E-state index contributed by atoms with van der Waals surface area (Å²) >= 11 is 0. The van der Waals surface area contributed by atoms with E-state index in [0.29, 0.717) is 18.9 Å². The Kier molecular flexibility index (Phi) is 5.59. The molecular weight excluding hydrogens is 270 g/mol. The quantitative estimate of drug-likeness (QED) is 0.616. The van der Waals surface area contributed by atoms with Gasteiger partial charge in [0.05, 0.1) is 6.54 Å². The van der Waals surface area contributed by atoms with Gasteiger partial charge in [-0.15, -0.1) is 0 Å². The maximum absolute atomic E-state index is 11.1. The third-order valence-corrected chi connectivity index (χ3v) is 3.53. The number of hydrogen-bond acceptors (Lipinski definition) is 4. The van der Waals surface area contributed by atoms with Crippen molar-refractivity contribution in [2.75, 3.05) is 19.6 Å². The highest BCUT2D eigenvalue weighted by atomic mass is 16.5. The van der Waals surface area contributed by atoms with Crippen molar-refractivity contribution in [2.45, 2.75) is 32.7 Å². The van der Waals surface area contributed by atoms with Gasteiger partial charge in [0.15, 0.2) is 5.96 Å². The van der Waals surface area contributed by atoms with Crippen LogP contribution in [0.25, 0.3) is 0 Å².